The summed E-state index contributed by atoms with van der Waals surface area (Å²) in [6.07, 6.45) is -4.78. The third-order valence-electron chi connectivity index (χ3n) is 5.59. The van der Waals surface area contributed by atoms with Crippen LogP contribution in [0.1, 0.15) is 23.6 Å². The maximum absolute atomic E-state index is 13.2. The van der Waals surface area contributed by atoms with Gasteiger partial charge in [0, 0.05) is 30.5 Å². The number of anilines is 2. The Morgan fingerprint density at radius 2 is 1.80 bits per heavy atom. The highest BCUT2D eigenvalue weighted by Gasteiger charge is 2.34. The first-order chi connectivity index (χ1) is 16.5. The molecule has 3 aromatic rings. The normalized spacial score (nSPS) is 11.9. The highest BCUT2D eigenvalue weighted by atomic mass is 19.4. The molecule has 0 radical (unpaired) electrons. The van der Waals surface area contributed by atoms with Gasteiger partial charge >= 0.3 is 6.18 Å². The number of aryl methyl sites for hydroxylation is 1. The van der Waals surface area contributed by atoms with Gasteiger partial charge in [0.25, 0.3) is 0 Å². The van der Waals surface area contributed by atoms with Crippen molar-refractivity contribution in [1.82, 2.24) is 0 Å². The molecule has 1 atom stereocenters. The van der Waals surface area contributed by atoms with E-state index in [1.165, 1.54) is 6.07 Å². The monoisotopic (exact) mass is 480 g/mol. The van der Waals surface area contributed by atoms with E-state index in [0.717, 1.165) is 28.4 Å². The molecule has 0 aliphatic heterocycles. The first-order valence-corrected chi connectivity index (χ1v) is 10.7. The fourth-order valence-electron chi connectivity index (χ4n) is 3.62. The Hall–Kier alpha value is -4.19. The van der Waals surface area contributed by atoms with Crippen LogP contribution in [0.2, 0.25) is 0 Å². The largest absolute Gasteiger partial charge is 0.418 e. The van der Waals surface area contributed by atoms with Gasteiger partial charge in [0.15, 0.2) is 0 Å². The Bertz CT molecular complexity index is 1280. The number of benzene rings is 3. The van der Waals surface area contributed by atoms with Crippen molar-refractivity contribution in [2.45, 2.75) is 20.0 Å². The van der Waals surface area contributed by atoms with Crippen LogP contribution < -0.4 is 10.2 Å². The first kappa shape index (κ1) is 25.4. The van der Waals surface area contributed by atoms with Gasteiger partial charge in [0.05, 0.1) is 23.1 Å². The zero-order valence-electron chi connectivity index (χ0n) is 19.3. The lowest BCUT2D eigenvalue weighted by Crippen LogP contribution is -2.32. The van der Waals surface area contributed by atoms with Crippen LogP contribution in [0.25, 0.3) is 11.1 Å². The minimum Gasteiger partial charge on any atom is -0.374 e. The molecule has 1 N–H and O–H groups in total. The van der Waals surface area contributed by atoms with Crippen molar-refractivity contribution in [2.75, 3.05) is 23.8 Å². The number of nitroso groups, excluding NO2 is 1. The summed E-state index contributed by atoms with van der Waals surface area (Å²) < 4.78 is 39.5. The summed E-state index contributed by atoms with van der Waals surface area (Å²) in [5, 5.41) is 14.4. The van der Waals surface area contributed by atoms with Crippen LogP contribution in [-0.2, 0) is 11.0 Å². The predicted octanol–water partition coefficient (Wildman–Crippen LogP) is 6.66. The smallest absolute Gasteiger partial charge is 0.374 e. The fourth-order valence-corrected chi connectivity index (χ4v) is 3.62. The quantitative estimate of drug-likeness (QED) is 0.383. The number of halogens is 3. The molecular formula is C26H23F3N4O2. The predicted molar refractivity (Wildman–Crippen MR) is 129 cm³/mol. The van der Waals surface area contributed by atoms with Gasteiger partial charge in [0.1, 0.15) is 5.69 Å². The molecule has 0 aliphatic rings. The Balaban J connectivity index is 1.76. The van der Waals surface area contributed by atoms with Crippen LogP contribution in [0.3, 0.4) is 0 Å². The molecule has 0 fully saturated rings. The summed E-state index contributed by atoms with van der Waals surface area (Å²) in [5.41, 5.74) is 2.01. The summed E-state index contributed by atoms with van der Waals surface area (Å²) >= 11 is 0. The van der Waals surface area contributed by atoms with E-state index < -0.39 is 29.3 Å². The highest BCUT2D eigenvalue weighted by molar-refractivity contribution is 5.93. The van der Waals surface area contributed by atoms with Crippen LogP contribution >= 0.6 is 0 Å². The molecule has 0 unspecified atom stereocenters. The lowest BCUT2D eigenvalue weighted by Gasteiger charge is -2.24. The number of hydrogen-bond donors (Lipinski definition) is 1. The van der Waals surface area contributed by atoms with E-state index >= 15 is 0 Å². The van der Waals surface area contributed by atoms with E-state index in [1.54, 1.807) is 26.1 Å². The van der Waals surface area contributed by atoms with Crippen molar-refractivity contribution in [3.63, 3.8) is 0 Å². The standard InChI is InChI=1S/C26H23F3N4O2/c1-16-4-6-18(7-5-16)22-13-21(10-8-19(22)14-30)33(3)15-17(2)25(34)31-20-9-11-24(32-35)23(12-20)26(27,28)29/h4-13,17H,15H2,1-3H3,(H,31,34)/t17-/m1/s1. The van der Waals surface area contributed by atoms with E-state index in [0.29, 0.717) is 11.6 Å². The first-order valence-electron chi connectivity index (χ1n) is 10.7. The van der Waals surface area contributed by atoms with Crippen LogP contribution in [0.5, 0.6) is 0 Å². The minimum atomic E-state index is -4.78. The average molecular weight is 480 g/mol. The van der Waals surface area contributed by atoms with Gasteiger partial charge < -0.3 is 10.2 Å². The number of hydrogen-bond acceptors (Lipinski definition) is 5. The lowest BCUT2D eigenvalue weighted by atomic mass is 9.98. The molecule has 1 amide bonds. The molecule has 0 heterocycles. The summed E-state index contributed by atoms with van der Waals surface area (Å²) in [4.78, 5) is 25.2. The van der Waals surface area contributed by atoms with Gasteiger partial charge in [-0.2, -0.15) is 18.4 Å². The second-order valence-corrected chi connectivity index (χ2v) is 8.30. The number of nitriles is 1. The molecule has 0 aliphatic carbocycles. The summed E-state index contributed by atoms with van der Waals surface area (Å²) in [7, 11) is 1.79. The number of rotatable bonds is 7. The van der Waals surface area contributed by atoms with Gasteiger partial charge in [-0.3, -0.25) is 4.79 Å². The van der Waals surface area contributed by atoms with Gasteiger partial charge in [0.2, 0.25) is 5.91 Å². The van der Waals surface area contributed by atoms with Crippen molar-refractivity contribution in [2.24, 2.45) is 11.1 Å². The number of carbonyl (C=O) groups is 1. The average Bonchev–Trinajstić information content (AvgIpc) is 2.83. The van der Waals surface area contributed by atoms with Crippen LogP contribution in [0.4, 0.5) is 30.2 Å². The molecule has 3 rings (SSSR count). The van der Waals surface area contributed by atoms with Crippen LogP contribution in [0, 0.1) is 29.1 Å². The number of nitrogens with one attached hydrogen (secondary N) is 1. The van der Waals surface area contributed by atoms with Crippen molar-refractivity contribution in [3.8, 4) is 17.2 Å². The SMILES string of the molecule is Cc1ccc(-c2cc(N(C)C[C@@H](C)C(=O)Nc3ccc(N=O)c(C(F)(F)F)c3)ccc2C#N)cc1. The van der Waals surface area contributed by atoms with Gasteiger partial charge in [-0.25, -0.2) is 0 Å². The molecule has 180 valence electrons. The fraction of sp³-hybridized carbons (Fsp3) is 0.231. The van der Waals surface area contributed by atoms with E-state index in [1.807, 2.05) is 42.2 Å². The maximum Gasteiger partial charge on any atom is 0.418 e. The zero-order valence-corrected chi connectivity index (χ0v) is 19.3. The van der Waals surface area contributed by atoms with Gasteiger partial charge in [-0.15, -0.1) is 4.91 Å². The van der Waals surface area contributed by atoms with Crippen LogP contribution in [0.15, 0.2) is 65.8 Å². The molecule has 6 nitrogen and oxygen atoms in total. The van der Waals surface area contributed by atoms with E-state index in [9.17, 15) is 28.1 Å². The van der Waals surface area contributed by atoms with E-state index in [2.05, 4.69) is 16.6 Å². The molecule has 35 heavy (non-hydrogen) atoms. The third-order valence-corrected chi connectivity index (χ3v) is 5.59. The van der Waals surface area contributed by atoms with Crippen LogP contribution in [-0.4, -0.2) is 19.5 Å². The molecule has 0 bridgehead atoms. The van der Waals surface area contributed by atoms with Gasteiger partial charge in [-0.05, 0) is 54.1 Å². The van der Waals surface area contributed by atoms with E-state index in [-0.39, 0.29) is 12.2 Å². The summed E-state index contributed by atoms with van der Waals surface area (Å²) in [6.45, 7) is 3.90. The van der Waals surface area contributed by atoms with Crippen molar-refractivity contribution in [3.05, 3.63) is 82.3 Å². The number of amides is 1. The van der Waals surface area contributed by atoms with Crippen molar-refractivity contribution >= 4 is 23.0 Å². The Morgan fingerprint density at radius 3 is 2.40 bits per heavy atom. The maximum atomic E-state index is 13.2. The highest BCUT2D eigenvalue weighted by Crippen LogP contribution is 2.38. The topological polar surface area (TPSA) is 85.6 Å². The molecule has 9 heteroatoms. The molecular weight excluding hydrogens is 457 g/mol. The number of carbonyl (C=O) groups excluding carboxylic acids is 1. The molecule has 0 saturated heterocycles. The summed E-state index contributed by atoms with van der Waals surface area (Å²) in [6, 6.07) is 18.2. The second-order valence-electron chi connectivity index (χ2n) is 8.30. The number of nitrogens with zero attached hydrogens (tertiary/aromatic N) is 3. The minimum absolute atomic E-state index is 0.0794. The number of alkyl halides is 3. The third kappa shape index (κ3) is 6.03. The second kappa shape index (κ2) is 10.4. The van der Waals surface area contributed by atoms with Crippen molar-refractivity contribution in [1.29, 1.82) is 5.26 Å². The Morgan fingerprint density at radius 1 is 1.11 bits per heavy atom. The Kier molecular flexibility index (Phi) is 7.55. The van der Waals surface area contributed by atoms with Gasteiger partial charge in [-0.1, -0.05) is 36.8 Å². The molecule has 0 saturated carbocycles. The lowest BCUT2D eigenvalue weighted by molar-refractivity contribution is -0.137. The molecule has 3 aromatic carbocycles. The zero-order chi connectivity index (χ0) is 25.8. The summed E-state index contributed by atoms with van der Waals surface area (Å²) in [5.74, 6) is -1.07. The molecule has 0 aromatic heterocycles. The van der Waals surface area contributed by atoms with E-state index in [4.69, 9.17) is 0 Å². The van der Waals surface area contributed by atoms with Crippen molar-refractivity contribution < 1.29 is 18.0 Å². The molecule has 0 spiro atoms. The Labute approximate surface area is 201 Å².